The maximum Gasteiger partial charge on any atom is 0.409 e. The molecule has 134 valence electrons. The highest BCUT2D eigenvalue weighted by molar-refractivity contribution is 7.71. The highest BCUT2D eigenvalue weighted by Gasteiger charge is 2.22. The fraction of sp³-hybridized carbons (Fsp3) is 0.438. The van der Waals surface area contributed by atoms with Crippen molar-refractivity contribution in [1.82, 2.24) is 19.6 Å². The minimum atomic E-state index is -0.318. The van der Waals surface area contributed by atoms with Crippen molar-refractivity contribution < 1.29 is 18.3 Å². The molecule has 0 radical (unpaired) electrons. The first-order valence-corrected chi connectivity index (χ1v) is 8.45. The lowest BCUT2D eigenvalue weighted by Crippen LogP contribution is -2.49. The molecule has 0 aliphatic carbocycles. The summed E-state index contributed by atoms with van der Waals surface area (Å²) in [6.45, 7) is 5.21. The van der Waals surface area contributed by atoms with Crippen LogP contribution in [0.1, 0.15) is 6.92 Å². The molecule has 0 N–H and O–H groups in total. The summed E-state index contributed by atoms with van der Waals surface area (Å²) in [4.78, 5) is 15.8. The fourth-order valence-electron chi connectivity index (χ4n) is 2.58. The Labute approximate surface area is 149 Å². The molecule has 0 bridgehead atoms. The van der Waals surface area contributed by atoms with E-state index in [2.05, 4.69) is 10.00 Å². The summed E-state index contributed by atoms with van der Waals surface area (Å²) in [5.74, 6) is 0.0383. The predicted octanol–water partition coefficient (Wildman–Crippen LogP) is 2.74. The standard InChI is InChI=1S/C16H19FN4O3S/c1-2-23-15(22)20-9-7-19(8-10-20)11-21-16(25)24-14(18-21)12-3-5-13(17)6-4-12/h3-6H,2,7-11H2,1H3. The van der Waals surface area contributed by atoms with Crippen molar-refractivity contribution in [3.63, 3.8) is 0 Å². The zero-order valence-corrected chi connectivity index (χ0v) is 14.7. The molecule has 9 heteroatoms. The number of carbonyl (C=O) groups excluding carboxylic acids is 1. The molecule has 7 nitrogen and oxygen atoms in total. The molecule has 25 heavy (non-hydrogen) atoms. The first-order chi connectivity index (χ1) is 12.1. The zero-order chi connectivity index (χ0) is 17.8. The molecule has 0 unspecified atom stereocenters. The third-order valence-corrected chi connectivity index (χ3v) is 4.22. The van der Waals surface area contributed by atoms with E-state index in [9.17, 15) is 9.18 Å². The molecule has 1 amide bonds. The largest absolute Gasteiger partial charge is 0.450 e. The van der Waals surface area contributed by atoms with Gasteiger partial charge >= 0.3 is 6.09 Å². The quantitative estimate of drug-likeness (QED) is 0.776. The maximum absolute atomic E-state index is 13.0. The Morgan fingerprint density at radius 3 is 2.60 bits per heavy atom. The number of aromatic nitrogens is 2. The van der Waals surface area contributed by atoms with Gasteiger partial charge in [-0.2, -0.15) is 0 Å². The summed E-state index contributed by atoms with van der Waals surface area (Å²) in [5.41, 5.74) is 0.665. The van der Waals surface area contributed by atoms with Crippen LogP contribution < -0.4 is 0 Å². The van der Waals surface area contributed by atoms with Crippen molar-refractivity contribution in [1.29, 1.82) is 0 Å². The molecule has 1 fully saturated rings. The van der Waals surface area contributed by atoms with Crippen LogP contribution in [0.25, 0.3) is 11.5 Å². The first-order valence-electron chi connectivity index (χ1n) is 8.04. The molecular formula is C16H19FN4O3S. The average molecular weight is 366 g/mol. The van der Waals surface area contributed by atoms with Crippen molar-refractivity contribution in [3.05, 3.63) is 34.9 Å². The second-order valence-electron chi connectivity index (χ2n) is 5.62. The molecule has 1 aromatic heterocycles. The number of carbonyl (C=O) groups is 1. The van der Waals surface area contributed by atoms with Crippen LogP contribution in [0, 0.1) is 10.7 Å². The monoisotopic (exact) mass is 366 g/mol. The van der Waals surface area contributed by atoms with Gasteiger partial charge in [-0.25, -0.2) is 13.9 Å². The van der Waals surface area contributed by atoms with E-state index in [1.165, 1.54) is 12.1 Å². The van der Waals surface area contributed by atoms with E-state index < -0.39 is 0 Å². The molecular weight excluding hydrogens is 347 g/mol. The van der Waals surface area contributed by atoms with Crippen molar-refractivity contribution in [2.24, 2.45) is 0 Å². The Morgan fingerprint density at radius 1 is 1.28 bits per heavy atom. The van der Waals surface area contributed by atoms with Gasteiger partial charge in [0.25, 0.3) is 4.84 Å². The molecule has 0 saturated carbocycles. The van der Waals surface area contributed by atoms with E-state index in [0.717, 1.165) is 0 Å². The second kappa shape index (κ2) is 7.75. The highest BCUT2D eigenvalue weighted by Crippen LogP contribution is 2.18. The summed E-state index contributed by atoms with van der Waals surface area (Å²) in [6, 6.07) is 5.89. The van der Waals surface area contributed by atoms with E-state index in [4.69, 9.17) is 21.4 Å². The third kappa shape index (κ3) is 4.23. The Hall–Kier alpha value is -2.26. The van der Waals surface area contributed by atoms with Crippen molar-refractivity contribution in [2.75, 3.05) is 32.8 Å². The number of piperazine rings is 1. The van der Waals surface area contributed by atoms with Crippen LogP contribution >= 0.6 is 12.2 Å². The lowest BCUT2D eigenvalue weighted by Gasteiger charge is -2.33. The van der Waals surface area contributed by atoms with Crippen LogP contribution in [-0.2, 0) is 11.4 Å². The van der Waals surface area contributed by atoms with Crippen LogP contribution in [0.15, 0.2) is 28.7 Å². The first kappa shape index (κ1) is 17.6. The average Bonchev–Trinajstić information content (AvgIpc) is 2.97. The Morgan fingerprint density at radius 2 is 1.96 bits per heavy atom. The lowest BCUT2D eigenvalue weighted by molar-refractivity contribution is 0.0688. The number of ether oxygens (including phenoxy) is 1. The predicted molar refractivity (Wildman–Crippen MR) is 90.9 cm³/mol. The minimum absolute atomic E-state index is 0.257. The van der Waals surface area contributed by atoms with Crippen LogP contribution in [0.4, 0.5) is 9.18 Å². The topological polar surface area (TPSA) is 63.7 Å². The Bertz CT molecular complexity index is 781. The van der Waals surface area contributed by atoms with Crippen LogP contribution in [0.5, 0.6) is 0 Å². The number of rotatable bonds is 4. The number of benzene rings is 1. The number of nitrogens with zero attached hydrogens (tertiary/aromatic N) is 4. The summed E-state index contributed by atoms with van der Waals surface area (Å²) in [7, 11) is 0. The van der Waals surface area contributed by atoms with Gasteiger partial charge < -0.3 is 14.1 Å². The second-order valence-corrected chi connectivity index (χ2v) is 5.97. The van der Waals surface area contributed by atoms with E-state index in [1.54, 1.807) is 28.6 Å². The van der Waals surface area contributed by atoms with Gasteiger partial charge in [-0.05, 0) is 43.4 Å². The van der Waals surface area contributed by atoms with Crippen molar-refractivity contribution in [3.8, 4) is 11.5 Å². The number of halogens is 1. The van der Waals surface area contributed by atoms with Crippen LogP contribution in [0.2, 0.25) is 0 Å². The van der Waals surface area contributed by atoms with Crippen molar-refractivity contribution >= 4 is 18.3 Å². The van der Waals surface area contributed by atoms with Gasteiger partial charge in [-0.15, -0.1) is 5.10 Å². The molecule has 0 spiro atoms. The van der Waals surface area contributed by atoms with E-state index >= 15 is 0 Å². The van der Waals surface area contributed by atoms with Gasteiger partial charge in [-0.1, -0.05) is 0 Å². The Balaban J connectivity index is 1.62. The lowest BCUT2D eigenvalue weighted by atomic mass is 10.2. The fourth-order valence-corrected chi connectivity index (χ4v) is 2.76. The summed E-state index contributed by atoms with van der Waals surface area (Å²) in [6.07, 6.45) is -0.279. The van der Waals surface area contributed by atoms with Gasteiger partial charge in [0.05, 0.1) is 13.3 Å². The smallest absolute Gasteiger partial charge is 0.409 e. The van der Waals surface area contributed by atoms with E-state index in [0.29, 0.717) is 50.9 Å². The number of hydrogen-bond donors (Lipinski definition) is 0. The molecule has 1 aliphatic rings. The number of hydrogen-bond acceptors (Lipinski definition) is 6. The SMILES string of the molecule is CCOC(=O)N1CCN(Cn2nc(-c3ccc(F)cc3)oc2=S)CC1. The molecule has 3 rings (SSSR count). The van der Waals surface area contributed by atoms with E-state index in [-0.39, 0.29) is 16.7 Å². The maximum atomic E-state index is 13.0. The highest BCUT2D eigenvalue weighted by atomic mass is 32.1. The van der Waals surface area contributed by atoms with Gasteiger partial charge in [0, 0.05) is 31.7 Å². The van der Waals surface area contributed by atoms with E-state index in [1.807, 2.05) is 0 Å². The van der Waals surface area contributed by atoms with Gasteiger partial charge in [0.2, 0.25) is 5.89 Å². The molecule has 0 atom stereocenters. The summed E-state index contributed by atoms with van der Waals surface area (Å²) < 4.78 is 25.1. The molecule has 1 aromatic carbocycles. The molecule has 2 heterocycles. The molecule has 2 aromatic rings. The summed E-state index contributed by atoms with van der Waals surface area (Å²) in [5, 5.41) is 4.36. The molecule has 1 saturated heterocycles. The van der Waals surface area contributed by atoms with Gasteiger partial charge in [0.1, 0.15) is 5.82 Å². The summed E-state index contributed by atoms with van der Waals surface area (Å²) >= 11 is 5.21. The normalized spacial score (nSPS) is 15.4. The van der Waals surface area contributed by atoms with Crippen LogP contribution in [0.3, 0.4) is 0 Å². The minimum Gasteiger partial charge on any atom is -0.450 e. The molecule has 1 aliphatic heterocycles. The number of amides is 1. The van der Waals surface area contributed by atoms with Crippen molar-refractivity contribution in [2.45, 2.75) is 13.6 Å². The zero-order valence-electron chi connectivity index (χ0n) is 13.9. The van der Waals surface area contributed by atoms with Gasteiger partial charge in [-0.3, -0.25) is 4.90 Å². The van der Waals surface area contributed by atoms with Gasteiger partial charge in [0.15, 0.2) is 0 Å². The van der Waals surface area contributed by atoms with Crippen LogP contribution in [-0.4, -0.2) is 58.5 Å². The third-order valence-electron chi connectivity index (χ3n) is 3.93. The Kier molecular flexibility index (Phi) is 5.44.